The van der Waals surface area contributed by atoms with Gasteiger partial charge in [0.25, 0.3) is 0 Å². The zero-order valence-corrected chi connectivity index (χ0v) is 20.0. The second kappa shape index (κ2) is 11.1. The van der Waals surface area contributed by atoms with Gasteiger partial charge in [0.2, 0.25) is 0 Å². The lowest BCUT2D eigenvalue weighted by Gasteiger charge is -2.38. The summed E-state index contributed by atoms with van der Waals surface area (Å²) >= 11 is 0. The molecule has 0 fully saturated rings. The van der Waals surface area contributed by atoms with E-state index < -0.39 is 0 Å². The van der Waals surface area contributed by atoms with Crippen LogP contribution in [0.1, 0.15) is 104 Å². The Balaban J connectivity index is 1.80. The number of hydrogen-bond acceptors (Lipinski definition) is 1. The maximum Gasteiger partial charge on any atom is 0.173 e. The molecule has 0 radical (unpaired) electrons. The number of ketones is 1. The maximum atomic E-state index is 14.1. The van der Waals surface area contributed by atoms with Gasteiger partial charge in [0, 0.05) is 5.57 Å². The Hall–Kier alpha value is -1.89. The summed E-state index contributed by atoms with van der Waals surface area (Å²) in [6.07, 6.45) is 24.5. The van der Waals surface area contributed by atoms with Gasteiger partial charge in [-0.25, -0.2) is 0 Å². The molecule has 0 heterocycles. The van der Waals surface area contributed by atoms with Crippen LogP contribution in [0.15, 0.2) is 70.9 Å². The van der Waals surface area contributed by atoms with Crippen LogP contribution in [0.3, 0.4) is 0 Å². The van der Waals surface area contributed by atoms with Gasteiger partial charge >= 0.3 is 0 Å². The summed E-state index contributed by atoms with van der Waals surface area (Å²) in [4.78, 5) is 14.1. The summed E-state index contributed by atoms with van der Waals surface area (Å²) in [5.41, 5.74) is 7.78. The fourth-order valence-corrected chi connectivity index (χ4v) is 5.82. The van der Waals surface area contributed by atoms with Crippen LogP contribution in [0.25, 0.3) is 0 Å². The highest BCUT2D eigenvalue weighted by Gasteiger charge is 2.48. The first kappa shape index (κ1) is 23.8. The van der Waals surface area contributed by atoms with Crippen molar-refractivity contribution in [3.63, 3.8) is 0 Å². The normalized spacial score (nSPS) is 19.4. The van der Waals surface area contributed by atoms with E-state index in [-0.39, 0.29) is 5.41 Å². The summed E-state index contributed by atoms with van der Waals surface area (Å²) in [6.45, 7) is 12.1. The third-order valence-corrected chi connectivity index (χ3v) is 7.43. The van der Waals surface area contributed by atoms with Gasteiger partial charge in [0.15, 0.2) is 5.78 Å². The van der Waals surface area contributed by atoms with Crippen molar-refractivity contribution in [2.45, 2.75) is 104 Å². The van der Waals surface area contributed by atoms with E-state index in [1.807, 2.05) is 12.2 Å². The molecule has 0 amide bonds. The van der Waals surface area contributed by atoms with E-state index in [1.165, 1.54) is 66.4 Å². The third-order valence-electron chi connectivity index (χ3n) is 7.43. The Morgan fingerprint density at radius 3 is 1.87 bits per heavy atom. The lowest BCUT2D eigenvalue weighted by Crippen LogP contribution is -2.37. The van der Waals surface area contributed by atoms with Gasteiger partial charge in [0.1, 0.15) is 0 Å². The quantitative estimate of drug-likeness (QED) is 0.203. The monoisotopic (exact) mass is 418 g/mol. The van der Waals surface area contributed by atoms with E-state index in [9.17, 15) is 4.79 Å². The summed E-state index contributed by atoms with van der Waals surface area (Å²) in [5.74, 6) is 0.432. The molecule has 31 heavy (non-hydrogen) atoms. The molecule has 0 N–H and O–H groups in total. The van der Waals surface area contributed by atoms with Crippen LogP contribution in [-0.2, 0) is 4.79 Å². The van der Waals surface area contributed by atoms with Gasteiger partial charge < -0.3 is 0 Å². The predicted molar refractivity (Wildman–Crippen MR) is 134 cm³/mol. The molecule has 3 aliphatic rings. The van der Waals surface area contributed by atoms with E-state index in [2.05, 4.69) is 39.2 Å². The molecular weight excluding hydrogens is 376 g/mol. The van der Waals surface area contributed by atoms with Gasteiger partial charge in [-0.15, -0.1) is 13.2 Å². The molecule has 0 bridgehead atoms. The smallest absolute Gasteiger partial charge is 0.173 e. The first-order valence-corrected chi connectivity index (χ1v) is 12.6. The van der Waals surface area contributed by atoms with Gasteiger partial charge in [0.05, 0.1) is 5.41 Å². The van der Waals surface area contributed by atoms with Gasteiger partial charge in [-0.1, -0.05) is 74.0 Å². The fourth-order valence-electron chi connectivity index (χ4n) is 5.82. The zero-order valence-electron chi connectivity index (χ0n) is 20.0. The van der Waals surface area contributed by atoms with Crippen LogP contribution in [0, 0.1) is 5.41 Å². The summed E-state index contributed by atoms with van der Waals surface area (Å²) in [7, 11) is 0. The Kier molecular flexibility index (Phi) is 8.52. The average Bonchev–Trinajstić information content (AvgIpc) is 3.33. The number of hydrogen-bond donors (Lipinski definition) is 0. The molecule has 0 aromatic heterocycles. The molecule has 3 aliphatic carbocycles. The number of Topliss-reactive ketones (excluding diaryl/α,β-unsaturated/α-hetero) is 1. The van der Waals surface area contributed by atoms with Crippen LogP contribution in [-0.4, -0.2) is 5.78 Å². The topological polar surface area (TPSA) is 17.1 Å². The first-order chi connectivity index (χ1) is 15.0. The molecule has 168 valence electrons. The highest BCUT2D eigenvalue weighted by molar-refractivity contribution is 6.09. The molecule has 0 unspecified atom stereocenters. The van der Waals surface area contributed by atoms with E-state index in [0.29, 0.717) is 5.78 Å². The molecule has 0 spiro atoms. The molecule has 1 heteroatoms. The number of rotatable bonds is 14. The molecular formula is C30H42O. The molecule has 0 saturated heterocycles. The van der Waals surface area contributed by atoms with Crippen molar-refractivity contribution in [1.29, 1.82) is 0 Å². The minimum atomic E-state index is -0.288. The van der Waals surface area contributed by atoms with Crippen molar-refractivity contribution in [1.82, 2.24) is 0 Å². The summed E-state index contributed by atoms with van der Waals surface area (Å²) < 4.78 is 0. The second-order valence-electron chi connectivity index (χ2n) is 10.0. The van der Waals surface area contributed by atoms with Crippen molar-refractivity contribution in [2.75, 3.05) is 0 Å². The molecule has 0 saturated carbocycles. The summed E-state index contributed by atoms with van der Waals surface area (Å²) in [6, 6.07) is 0. The van der Waals surface area contributed by atoms with Crippen molar-refractivity contribution < 1.29 is 4.79 Å². The van der Waals surface area contributed by atoms with Crippen LogP contribution in [0.4, 0.5) is 0 Å². The molecule has 0 atom stereocenters. The Morgan fingerprint density at radius 1 is 0.774 bits per heavy atom. The largest absolute Gasteiger partial charge is 0.293 e. The molecule has 0 aromatic rings. The van der Waals surface area contributed by atoms with Crippen LogP contribution >= 0.6 is 0 Å². The van der Waals surface area contributed by atoms with Gasteiger partial charge in [-0.05, 0) is 81.9 Å². The highest BCUT2D eigenvalue weighted by Crippen LogP contribution is 2.55. The first-order valence-electron chi connectivity index (χ1n) is 12.6. The van der Waals surface area contributed by atoms with Crippen molar-refractivity contribution >= 4 is 5.78 Å². The predicted octanol–water partition coefficient (Wildman–Crippen LogP) is 8.90. The molecule has 0 aromatic carbocycles. The number of fused-ring (bicyclic) bond motifs is 1. The minimum absolute atomic E-state index is 0.288. The Morgan fingerprint density at radius 2 is 1.29 bits per heavy atom. The number of carbonyl (C=O) groups excluding carboxylic acids is 1. The lowest BCUT2D eigenvalue weighted by atomic mass is 9.63. The van der Waals surface area contributed by atoms with Crippen molar-refractivity contribution in [3.05, 3.63) is 70.9 Å². The molecule has 0 aliphatic heterocycles. The van der Waals surface area contributed by atoms with Crippen molar-refractivity contribution in [2.24, 2.45) is 5.41 Å². The van der Waals surface area contributed by atoms with Gasteiger partial charge in [-0.2, -0.15) is 0 Å². The molecule has 3 rings (SSSR count). The average molecular weight is 419 g/mol. The summed E-state index contributed by atoms with van der Waals surface area (Å²) in [5, 5.41) is 0. The SMILES string of the molecule is C=CCCCCCCC1(CCCCCCC=C)C(=O)C2=C(CC(C)=C2)C2=C1C=C(C)C2. The second-order valence-corrected chi connectivity index (χ2v) is 10.0. The zero-order chi connectivity index (χ0) is 22.3. The van der Waals surface area contributed by atoms with Crippen LogP contribution in [0.2, 0.25) is 0 Å². The van der Waals surface area contributed by atoms with Crippen molar-refractivity contribution in [3.8, 4) is 0 Å². The van der Waals surface area contributed by atoms with Crippen LogP contribution in [0.5, 0.6) is 0 Å². The highest BCUT2D eigenvalue weighted by atomic mass is 16.1. The van der Waals surface area contributed by atoms with Crippen LogP contribution < -0.4 is 0 Å². The number of unbranched alkanes of at least 4 members (excludes halogenated alkanes) is 8. The van der Waals surface area contributed by atoms with E-state index >= 15 is 0 Å². The third kappa shape index (κ3) is 5.30. The maximum absolute atomic E-state index is 14.1. The fraction of sp³-hybridized carbons (Fsp3) is 0.567. The Bertz CT molecular complexity index is 806. The standard InChI is InChI=1S/C30H42O/c1-5-7-9-11-13-15-17-30(18-16-14-12-10-8-6-2)28-22-24(4)20-26(28)25-19-23(3)21-27(25)29(30)31/h5-6,21-22H,1-2,7-20H2,3-4H3. The van der Waals surface area contributed by atoms with Gasteiger partial charge in [-0.3, -0.25) is 4.79 Å². The molecule has 1 nitrogen and oxygen atoms in total. The Labute approximate surface area is 190 Å². The number of allylic oxidation sites excluding steroid dienone is 10. The number of carbonyl (C=O) groups is 1. The van der Waals surface area contributed by atoms with E-state index in [1.54, 1.807) is 0 Å². The lowest BCUT2D eigenvalue weighted by molar-refractivity contribution is -0.123. The van der Waals surface area contributed by atoms with E-state index in [4.69, 9.17) is 0 Å². The minimum Gasteiger partial charge on any atom is -0.293 e. The van der Waals surface area contributed by atoms with E-state index in [0.717, 1.165) is 56.9 Å².